The van der Waals surface area contributed by atoms with Gasteiger partial charge in [-0.05, 0) is 6.42 Å². The first kappa shape index (κ1) is 11.3. The molecule has 1 aromatic rings. The van der Waals surface area contributed by atoms with Crippen LogP contribution in [0.15, 0.2) is 12.4 Å². The van der Waals surface area contributed by atoms with Gasteiger partial charge < -0.3 is 10.8 Å². The minimum atomic E-state index is 0.238. The van der Waals surface area contributed by atoms with Crippen molar-refractivity contribution in [3.05, 3.63) is 18.1 Å². The molecule has 3 N–H and O–H groups in total. The zero-order chi connectivity index (χ0) is 10.4. The number of aliphatic hydroxyl groups is 1. The van der Waals surface area contributed by atoms with E-state index in [1.54, 1.807) is 24.2 Å². The van der Waals surface area contributed by atoms with Crippen LogP contribution in [0.5, 0.6) is 0 Å². The molecular formula is C9H15N3OS. The van der Waals surface area contributed by atoms with Crippen LogP contribution in [0.4, 0.5) is 5.82 Å². The van der Waals surface area contributed by atoms with Crippen LogP contribution in [-0.4, -0.2) is 26.9 Å². The summed E-state index contributed by atoms with van der Waals surface area (Å²) in [6, 6.07) is 0. The summed E-state index contributed by atoms with van der Waals surface area (Å²) in [7, 11) is 0. The van der Waals surface area contributed by atoms with Crippen molar-refractivity contribution in [1.82, 2.24) is 9.97 Å². The molecule has 1 rings (SSSR count). The highest BCUT2D eigenvalue weighted by atomic mass is 32.2. The Morgan fingerprint density at radius 3 is 2.86 bits per heavy atom. The highest BCUT2D eigenvalue weighted by Gasteiger charge is 2.03. The van der Waals surface area contributed by atoms with Crippen LogP contribution < -0.4 is 5.73 Å². The molecule has 1 unspecified atom stereocenters. The lowest BCUT2D eigenvalue weighted by atomic mass is 10.3. The molecule has 0 aliphatic rings. The Balaban J connectivity index is 2.34. The predicted octanol–water partition coefficient (Wildman–Crippen LogP) is 1.06. The summed E-state index contributed by atoms with van der Waals surface area (Å²) >= 11 is 1.76. The maximum absolute atomic E-state index is 8.71. The van der Waals surface area contributed by atoms with Crippen molar-refractivity contribution >= 4 is 17.6 Å². The number of hydrogen-bond acceptors (Lipinski definition) is 5. The lowest BCUT2D eigenvalue weighted by Gasteiger charge is -2.08. The van der Waals surface area contributed by atoms with Gasteiger partial charge in [-0.15, -0.1) is 0 Å². The maximum Gasteiger partial charge on any atom is 0.141 e. The van der Waals surface area contributed by atoms with Gasteiger partial charge in [-0.25, -0.2) is 4.98 Å². The Morgan fingerprint density at radius 1 is 1.50 bits per heavy atom. The lowest BCUT2D eigenvalue weighted by molar-refractivity contribution is 0.289. The Morgan fingerprint density at radius 2 is 2.29 bits per heavy atom. The van der Waals surface area contributed by atoms with Crippen LogP contribution in [0.2, 0.25) is 0 Å². The first-order valence-corrected chi connectivity index (χ1v) is 5.56. The molecule has 1 atom stereocenters. The van der Waals surface area contributed by atoms with Crippen molar-refractivity contribution in [3.8, 4) is 0 Å². The van der Waals surface area contributed by atoms with Gasteiger partial charge in [-0.2, -0.15) is 11.8 Å². The zero-order valence-electron chi connectivity index (χ0n) is 8.18. The van der Waals surface area contributed by atoms with E-state index in [1.165, 1.54) is 0 Å². The van der Waals surface area contributed by atoms with Gasteiger partial charge in [0.15, 0.2) is 0 Å². The van der Waals surface area contributed by atoms with Crippen LogP contribution in [0, 0.1) is 0 Å². The molecule has 0 aromatic carbocycles. The molecular weight excluding hydrogens is 198 g/mol. The number of hydrogen-bond donors (Lipinski definition) is 2. The van der Waals surface area contributed by atoms with Crippen molar-refractivity contribution in [2.45, 2.75) is 24.3 Å². The van der Waals surface area contributed by atoms with Gasteiger partial charge in [0.1, 0.15) is 5.82 Å². The second-order valence-corrected chi connectivity index (χ2v) is 4.49. The fraction of sp³-hybridized carbons (Fsp3) is 0.556. The minimum Gasteiger partial charge on any atom is -0.396 e. The largest absolute Gasteiger partial charge is 0.396 e. The molecule has 0 bridgehead atoms. The van der Waals surface area contributed by atoms with Crippen molar-refractivity contribution in [2.24, 2.45) is 0 Å². The van der Waals surface area contributed by atoms with E-state index < -0.39 is 0 Å². The van der Waals surface area contributed by atoms with Crippen LogP contribution >= 0.6 is 11.8 Å². The Hall–Kier alpha value is -0.810. The van der Waals surface area contributed by atoms with Crippen LogP contribution in [0.25, 0.3) is 0 Å². The highest BCUT2D eigenvalue weighted by molar-refractivity contribution is 7.99. The van der Waals surface area contributed by atoms with Gasteiger partial charge in [-0.3, -0.25) is 4.98 Å². The molecule has 0 amide bonds. The molecule has 5 heteroatoms. The minimum absolute atomic E-state index is 0.238. The van der Waals surface area contributed by atoms with Crippen molar-refractivity contribution in [1.29, 1.82) is 0 Å². The number of nitrogens with zero attached hydrogens (tertiary/aromatic N) is 2. The molecule has 0 spiro atoms. The predicted molar refractivity (Wildman–Crippen MR) is 58.9 cm³/mol. The molecule has 1 aromatic heterocycles. The molecule has 0 aliphatic heterocycles. The third-order valence-electron chi connectivity index (χ3n) is 1.78. The van der Waals surface area contributed by atoms with Crippen LogP contribution in [-0.2, 0) is 5.75 Å². The number of anilines is 1. The van der Waals surface area contributed by atoms with Crippen LogP contribution in [0.1, 0.15) is 19.0 Å². The SMILES string of the molecule is CC(CCO)SCc1cnc(N)cn1. The lowest BCUT2D eigenvalue weighted by Crippen LogP contribution is -2.01. The smallest absolute Gasteiger partial charge is 0.141 e. The zero-order valence-corrected chi connectivity index (χ0v) is 9.00. The van der Waals surface area contributed by atoms with Gasteiger partial charge in [-0.1, -0.05) is 6.92 Å². The van der Waals surface area contributed by atoms with E-state index in [4.69, 9.17) is 10.8 Å². The normalized spacial score (nSPS) is 12.7. The summed E-state index contributed by atoms with van der Waals surface area (Å²) in [6.07, 6.45) is 4.06. The number of nitrogen functional groups attached to an aromatic ring is 1. The first-order valence-electron chi connectivity index (χ1n) is 4.51. The summed E-state index contributed by atoms with van der Waals surface area (Å²) < 4.78 is 0. The maximum atomic E-state index is 8.71. The van der Waals surface area contributed by atoms with E-state index in [2.05, 4.69) is 16.9 Å². The highest BCUT2D eigenvalue weighted by Crippen LogP contribution is 2.18. The number of aromatic nitrogens is 2. The third-order valence-corrected chi connectivity index (χ3v) is 3.04. The molecule has 1 heterocycles. The molecule has 0 saturated heterocycles. The van der Waals surface area contributed by atoms with Gasteiger partial charge in [0.2, 0.25) is 0 Å². The Kier molecular flexibility index (Phi) is 4.69. The molecule has 0 radical (unpaired) electrons. The van der Waals surface area contributed by atoms with E-state index in [0.717, 1.165) is 17.9 Å². The molecule has 4 nitrogen and oxygen atoms in total. The van der Waals surface area contributed by atoms with Crippen molar-refractivity contribution in [2.75, 3.05) is 12.3 Å². The molecule has 78 valence electrons. The van der Waals surface area contributed by atoms with Crippen LogP contribution in [0.3, 0.4) is 0 Å². The summed E-state index contributed by atoms with van der Waals surface area (Å²) in [5.41, 5.74) is 6.34. The monoisotopic (exact) mass is 213 g/mol. The second-order valence-electron chi connectivity index (χ2n) is 3.07. The number of rotatable bonds is 5. The topological polar surface area (TPSA) is 72.0 Å². The average Bonchev–Trinajstić information content (AvgIpc) is 2.17. The number of aliphatic hydroxyl groups excluding tert-OH is 1. The average molecular weight is 213 g/mol. The molecule has 0 saturated carbocycles. The van der Waals surface area contributed by atoms with E-state index in [0.29, 0.717) is 11.1 Å². The van der Waals surface area contributed by atoms with Gasteiger partial charge in [0.25, 0.3) is 0 Å². The molecule has 14 heavy (non-hydrogen) atoms. The third kappa shape index (κ3) is 3.93. The standard InChI is InChI=1S/C9H15N3OS/c1-7(2-3-13)14-6-8-4-12-9(10)5-11-8/h4-5,7,13H,2-3,6H2,1H3,(H2,10,12). The first-order chi connectivity index (χ1) is 6.72. The molecule has 0 fully saturated rings. The van der Waals surface area contributed by atoms with Gasteiger partial charge >= 0.3 is 0 Å². The fourth-order valence-corrected chi connectivity index (χ4v) is 1.81. The van der Waals surface area contributed by atoms with E-state index in [-0.39, 0.29) is 6.61 Å². The summed E-state index contributed by atoms with van der Waals surface area (Å²) in [4.78, 5) is 8.10. The van der Waals surface area contributed by atoms with E-state index in [9.17, 15) is 0 Å². The quantitative estimate of drug-likeness (QED) is 0.765. The van der Waals surface area contributed by atoms with Crippen molar-refractivity contribution in [3.63, 3.8) is 0 Å². The van der Waals surface area contributed by atoms with Crippen molar-refractivity contribution < 1.29 is 5.11 Å². The van der Waals surface area contributed by atoms with E-state index in [1.807, 2.05) is 0 Å². The van der Waals surface area contributed by atoms with E-state index >= 15 is 0 Å². The fourth-order valence-electron chi connectivity index (χ4n) is 0.932. The Labute approximate surface area is 88.0 Å². The summed E-state index contributed by atoms with van der Waals surface area (Å²) in [6.45, 7) is 2.33. The molecule has 0 aliphatic carbocycles. The number of thioether (sulfide) groups is 1. The van der Waals surface area contributed by atoms with Gasteiger partial charge in [0, 0.05) is 17.6 Å². The summed E-state index contributed by atoms with van der Waals surface area (Å²) in [5.74, 6) is 1.26. The second kappa shape index (κ2) is 5.82. The number of nitrogens with two attached hydrogens (primary N) is 1. The summed E-state index contributed by atoms with van der Waals surface area (Å²) in [5, 5.41) is 9.16. The van der Waals surface area contributed by atoms with Gasteiger partial charge in [0.05, 0.1) is 18.1 Å². The Bertz CT molecular complexity index is 265.